The third-order valence-electron chi connectivity index (χ3n) is 3.22. The molecular weight excluding hydrogens is 220 g/mol. The van der Waals surface area contributed by atoms with Crippen LogP contribution in [0.15, 0.2) is 18.2 Å². The maximum Gasteiger partial charge on any atom is 0.103 e. The van der Waals surface area contributed by atoms with Gasteiger partial charge in [-0.15, -0.1) is 0 Å². The summed E-state index contributed by atoms with van der Waals surface area (Å²) < 4.78 is 0. The maximum absolute atomic E-state index is 9.16. The normalized spacial score (nSPS) is 20.6. The Morgan fingerprint density at radius 3 is 2.94 bits per heavy atom. The smallest absolute Gasteiger partial charge is 0.103 e. The van der Waals surface area contributed by atoms with Crippen molar-refractivity contribution in [2.75, 3.05) is 11.4 Å². The van der Waals surface area contributed by atoms with E-state index in [-0.39, 0.29) is 0 Å². The molecule has 1 fully saturated rings. The highest BCUT2D eigenvalue weighted by molar-refractivity contribution is 6.32. The summed E-state index contributed by atoms with van der Waals surface area (Å²) in [6.45, 7) is 3.23. The van der Waals surface area contributed by atoms with Gasteiger partial charge in [-0.25, -0.2) is 0 Å². The van der Waals surface area contributed by atoms with Crippen LogP contribution in [0, 0.1) is 11.3 Å². The molecule has 3 heteroatoms. The quantitative estimate of drug-likeness (QED) is 0.743. The monoisotopic (exact) mass is 234 g/mol. The summed E-state index contributed by atoms with van der Waals surface area (Å²) >= 11 is 6.05. The van der Waals surface area contributed by atoms with Gasteiger partial charge in [0.25, 0.3) is 0 Å². The maximum atomic E-state index is 9.16. The SMILES string of the molecule is CC1CCCCN1c1cccc(Cl)c1C#N. The fraction of sp³-hybridized carbons (Fsp3) is 0.462. The predicted molar refractivity (Wildman–Crippen MR) is 66.8 cm³/mol. The highest BCUT2D eigenvalue weighted by Gasteiger charge is 2.21. The minimum Gasteiger partial charge on any atom is -0.368 e. The lowest BCUT2D eigenvalue weighted by Crippen LogP contribution is -2.37. The molecule has 1 aliphatic heterocycles. The number of halogens is 1. The van der Waals surface area contributed by atoms with Crippen molar-refractivity contribution in [2.45, 2.75) is 32.2 Å². The minimum atomic E-state index is 0.499. The van der Waals surface area contributed by atoms with Crippen LogP contribution >= 0.6 is 11.6 Å². The molecule has 1 unspecified atom stereocenters. The topological polar surface area (TPSA) is 27.0 Å². The Hall–Kier alpha value is -1.20. The van der Waals surface area contributed by atoms with Crippen LogP contribution < -0.4 is 4.90 Å². The van der Waals surface area contributed by atoms with E-state index in [1.54, 1.807) is 6.07 Å². The van der Waals surface area contributed by atoms with Crippen LogP contribution in [-0.4, -0.2) is 12.6 Å². The molecule has 0 saturated carbocycles. The van der Waals surface area contributed by atoms with Crippen LogP contribution in [0.2, 0.25) is 5.02 Å². The largest absolute Gasteiger partial charge is 0.368 e. The fourth-order valence-electron chi connectivity index (χ4n) is 2.32. The van der Waals surface area contributed by atoms with E-state index in [4.69, 9.17) is 16.9 Å². The molecule has 1 aromatic rings. The molecule has 0 bridgehead atoms. The van der Waals surface area contributed by atoms with Gasteiger partial charge in [-0.1, -0.05) is 17.7 Å². The summed E-state index contributed by atoms with van der Waals surface area (Å²) in [6.07, 6.45) is 3.67. The van der Waals surface area contributed by atoms with E-state index in [9.17, 15) is 0 Å². The molecule has 84 valence electrons. The number of benzene rings is 1. The summed E-state index contributed by atoms with van der Waals surface area (Å²) in [4.78, 5) is 2.30. The molecule has 0 N–H and O–H groups in total. The molecule has 1 saturated heterocycles. The van der Waals surface area contributed by atoms with Crippen molar-refractivity contribution in [3.8, 4) is 6.07 Å². The zero-order chi connectivity index (χ0) is 11.5. The van der Waals surface area contributed by atoms with E-state index in [0.29, 0.717) is 16.6 Å². The van der Waals surface area contributed by atoms with Crippen LogP contribution in [0.5, 0.6) is 0 Å². The van der Waals surface area contributed by atoms with Gasteiger partial charge in [-0.2, -0.15) is 5.26 Å². The number of anilines is 1. The Balaban J connectivity index is 2.39. The Labute approximate surface area is 101 Å². The van der Waals surface area contributed by atoms with Gasteiger partial charge >= 0.3 is 0 Å². The number of hydrogen-bond acceptors (Lipinski definition) is 2. The average Bonchev–Trinajstić information content (AvgIpc) is 2.29. The van der Waals surface area contributed by atoms with Gasteiger partial charge in [0, 0.05) is 12.6 Å². The van der Waals surface area contributed by atoms with Crippen LogP contribution in [0.4, 0.5) is 5.69 Å². The Morgan fingerprint density at radius 2 is 2.25 bits per heavy atom. The lowest BCUT2D eigenvalue weighted by Gasteiger charge is -2.36. The standard InChI is InChI=1S/C13H15ClN2/c1-10-5-2-3-8-16(10)13-7-4-6-12(14)11(13)9-15/h4,6-7,10H,2-3,5,8H2,1H3. The second kappa shape index (κ2) is 4.76. The Morgan fingerprint density at radius 1 is 1.44 bits per heavy atom. The van der Waals surface area contributed by atoms with Crippen molar-refractivity contribution in [1.82, 2.24) is 0 Å². The van der Waals surface area contributed by atoms with Gasteiger partial charge in [0.2, 0.25) is 0 Å². The van der Waals surface area contributed by atoms with E-state index < -0.39 is 0 Å². The number of nitrogens with zero attached hydrogens (tertiary/aromatic N) is 2. The predicted octanol–water partition coefficient (Wildman–Crippen LogP) is 3.59. The van der Waals surface area contributed by atoms with E-state index in [1.165, 1.54) is 19.3 Å². The van der Waals surface area contributed by atoms with Crippen LogP contribution in [0.1, 0.15) is 31.7 Å². The van der Waals surface area contributed by atoms with Crippen LogP contribution in [0.3, 0.4) is 0 Å². The van der Waals surface area contributed by atoms with Gasteiger partial charge in [-0.05, 0) is 38.3 Å². The van der Waals surface area contributed by atoms with Crippen LogP contribution in [-0.2, 0) is 0 Å². The highest BCUT2D eigenvalue weighted by atomic mass is 35.5. The zero-order valence-electron chi connectivity index (χ0n) is 9.41. The van der Waals surface area contributed by atoms with E-state index in [2.05, 4.69) is 17.9 Å². The molecule has 0 amide bonds. The van der Waals surface area contributed by atoms with Gasteiger partial charge < -0.3 is 4.90 Å². The summed E-state index contributed by atoms with van der Waals surface area (Å²) in [7, 11) is 0. The van der Waals surface area contributed by atoms with E-state index in [1.807, 2.05) is 12.1 Å². The molecular formula is C13H15ClN2. The van der Waals surface area contributed by atoms with Crippen LogP contribution in [0.25, 0.3) is 0 Å². The van der Waals surface area contributed by atoms with Gasteiger partial charge in [0.05, 0.1) is 16.3 Å². The number of nitriles is 1. The van der Waals surface area contributed by atoms with Crippen molar-refractivity contribution in [3.63, 3.8) is 0 Å². The second-order valence-corrected chi connectivity index (χ2v) is 4.69. The fourth-order valence-corrected chi connectivity index (χ4v) is 2.53. The second-order valence-electron chi connectivity index (χ2n) is 4.28. The molecule has 0 aliphatic carbocycles. The Bertz CT molecular complexity index is 422. The van der Waals surface area contributed by atoms with Crippen molar-refractivity contribution < 1.29 is 0 Å². The van der Waals surface area contributed by atoms with Crippen molar-refractivity contribution >= 4 is 17.3 Å². The van der Waals surface area contributed by atoms with Gasteiger partial charge in [0.15, 0.2) is 0 Å². The summed E-state index contributed by atoms with van der Waals surface area (Å²) in [5.41, 5.74) is 1.60. The zero-order valence-corrected chi connectivity index (χ0v) is 10.2. The molecule has 1 aliphatic rings. The molecule has 16 heavy (non-hydrogen) atoms. The first-order valence-corrected chi connectivity index (χ1v) is 6.07. The molecule has 2 nitrogen and oxygen atoms in total. The third kappa shape index (κ3) is 2.01. The molecule has 1 aromatic carbocycles. The first kappa shape index (κ1) is 11.3. The first-order valence-electron chi connectivity index (χ1n) is 5.69. The highest BCUT2D eigenvalue weighted by Crippen LogP contribution is 2.31. The molecule has 1 heterocycles. The van der Waals surface area contributed by atoms with Crippen molar-refractivity contribution in [1.29, 1.82) is 5.26 Å². The van der Waals surface area contributed by atoms with Crippen molar-refractivity contribution in [3.05, 3.63) is 28.8 Å². The Kier molecular flexibility index (Phi) is 3.36. The lowest BCUT2D eigenvalue weighted by atomic mass is 10.0. The number of rotatable bonds is 1. The summed E-state index contributed by atoms with van der Waals surface area (Å²) in [5.74, 6) is 0. The van der Waals surface area contributed by atoms with E-state index >= 15 is 0 Å². The number of hydrogen-bond donors (Lipinski definition) is 0. The minimum absolute atomic E-state index is 0.499. The first-order chi connectivity index (χ1) is 7.74. The molecule has 0 spiro atoms. The molecule has 0 radical (unpaired) electrons. The van der Waals surface area contributed by atoms with Crippen molar-refractivity contribution in [2.24, 2.45) is 0 Å². The average molecular weight is 235 g/mol. The summed E-state index contributed by atoms with van der Waals surface area (Å²) in [6, 6.07) is 8.39. The summed E-state index contributed by atoms with van der Waals surface area (Å²) in [5, 5.41) is 9.71. The molecule has 0 aromatic heterocycles. The third-order valence-corrected chi connectivity index (χ3v) is 3.53. The van der Waals surface area contributed by atoms with Gasteiger partial charge in [-0.3, -0.25) is 0 Å². The lowest BCUT2D eigenvalue weighted by molar-refractivity contribution is 0.484. The molecule has 1 atom stereocenters. The number of piperidine rings is 1. The van der Waals surface area contributed by atoms with E-state index in [0.717, 1.165) is 12.2 Å². The molecule has 2 rings (SSSR count). The van der Waals surface area contributed by atoms with Gasteiger partial charge in [0.1, 0.15) is 6.07 Å².